The number of thiazole rings is 1. The maximum absolute atomic E-state index is 12.8. The van der Waals surface area contributed by atoms with Gasteiger partial charge in [0.2, 0.25) is 11.7 Å². The maximum atomic E-state index is 12.8. The fraction of sp³-hybridized carbons (Fsp3) is 0.263. The fourth-order valence-corrected chi connectivity index (χ4v) is 4.88. The number of carbonyl (C=O) groups is 1. The van der Waals surface area contributed by atoms with Crippen LogP contribution >= 0.6 is 22.7 Å². The molecule has 4 aromatic heterocycles. The number of hydrogen-bond donors (Lipinski definition) is 0. The molecule has 0 aliphatic heterocycles. The summed E-state index contributed by atoms with van der Waals surface area (Å²) in [5.74, 6) is 0.381. The van der Waals surface area contributed by atoms with Gasteiger partial charge in [0.05, 0.1) is 5.39 Å². The number of ketones is 1. The number of ether oxygens (including phenoxy) is 1. The SMILES string of the molecule is Cc1sc2ncnc(OCC(=O)c3cc(C)n(-c4nccs4)c3C)c2c1C. The third kappa shape index (κ3) is 3.04. The van der Waals surface area contributed by atoms with Gasteiger partial charge in [-0.05, 0) is 39.3 Å². The first kappa shape index (κ1) is 17.8. The molecule has 0 saturated heterocycles. The van der Waals surface area contributed by atoms with Gasteiger partial charge in [-0.15, -0.1) is 22.7 Å². The van der Waals surface area contributed by atoms with Gasteiger partial charge in [-0.2, -0.15) is 0 Å². The molecule has 4 aromatic rings. The van der Waals surface area contributed by atoms with Crippen LogP contribution in [0.5, 0.6) is 5.88 Å². The molecular weight excluding hydrogens is 380 g/mol. The van der Waals surface area contributed by atoms with Gasteiger partial charge in [-0.3, -0.25) is 9.36 Å². The lowest BCUT2D eigenvalue weighted by atomic mass is 10.1. The number of aryl methyl sites for hydroxylation is 3. The van der Waals surface area contributed by atoms with Crippen LogP contribution in [0, 0.1) is 27.7 Å². The van der Waals surface area contributed by atoms with Crippen molar-refractivity contribution >= 4 is 38.7 Å². The average Bonchev–Trinajstić information content (AvgIpc) is 3.33. The molecule has 138 valence electrons. The molecule has 6 nitrogen and oxygen atoms in total. The molecule has 8 heteroatoms. The number of hydrogen-bond acceptors (Lipinski definition) is 7. The third-order valence-corrected chi connectivity index (χ3v) is 6.48. The number of rotatable bonds is 5. The van der Waals surface area contributed by atoms with E-state index in [9.17, 15) is 4.79 Å². The summed E-state index contributed by atoms with van der Waals surface area (Å²) in [4.78, 5) is 27.7. The molecule has 0 saturated carbocycles. The van der Waals surface area contributed by atoms with Gasteiger partial charge >= 0.3 is 0 Å². The molecule has 0 aliphatic carbocycles. The highest BCUT2D eigenvalue weighted by Gasteiger charge is 2.19. The molecule has 4 rings (SSSR count). The Labute approximate surface area is 164 Å². The van der Waals surface area contributed by atoms with E-state index >= 15 is 0 Å². The molecule has 0 fully saturated rings. The van der Waals surface area contributed by atoms with Crippen LogP contribution < -0.4 is 4.74 Å². The van der Waals surface area contributed by atoms with Crippen molar-refractivity contribution < 1.29 is 9.53 Å². The van der Waals surface area contributed by atoms with Crippen LogP contribution in [-0.2, 0) is 0 Å². The Morgan fingerprint density at radius 3 is 2.74 bits per heavy atom. The minimum atomic E-state index is -0.0812. The zero-order valence-corrected chi connectivity index (χ0v) is 17.1. The molecule has 0 aliphatic rings. The Morgan fingerprint density at radius 2 is 2.00 bits per heavy atom. The second-order valence-corrected chi connectivity index (χ2v) is 8.37. The van der Waals surface area contributed by atoms with Crippen molar-refractivity contribution in [3.63, 3.8) is 0 Å². The molecule has 0 unspecified atom stereocenters. The Kier molecular flexibility index (Phi) is 4.53. The Morgan fingerprint density at radius 1 is 1.19 bits per heavy atom. The lowest BCUT2D eigenvalue weighted by Crippen LogP contribution is -2.13. The predicted molar refractivity (Wildman–Crippen MR) is 108 cm³/mol. The van der Waals surface area contributed by atoms with E-state index in [1.165, 1.54) is 22.5 Å². The van der Waals surface area contributed by atoms with E-state index in [1.807, 2.05) is 43.7 Å². The first-order chi connectivity index (χ1) is 13.0. The van der Waals surface area contributed by atoms with Gasteiger partial charge in [-0.1, -0.05) is 0 Å². The third-order valence-electron chi connectivity index (χ3n) is 4.61. The van der Waals surface area contributed by atoms with Gasteiger partial charge in [0, 0.05) is 33.4 Å². The zero-order valence-electron chi connectivity index (χ0n) is 15.4. The highest BCUT2D eigenvalue weighted by molar-refractivity contribution is 7.18. The van der Waals surface area contributed by atoms with Gasteiger partial charge in [0.15, 0.2) is 11.7 Å². The van der Waals surface area contributed by atoms with Crippen LogP contribution in [0.3, 0.4) is 0 Å². The van der Waals surface area contributed by atoms with Crippen molar-refractivity contribution in [3.8, 4) is 11.0 Å². The minimum absolute atomic E-state index is 0.0669. The van der Waals surface area contributed by atoms with Crippen LogP contribution in [0.4, 0.5) is 0 Å². The van der Waals surface area contributed by atoms with Gasteiger partial charge in [0.1, 0.15) is 11.2 Å². The second-order valence-electron chi connectivity index (χ2n) is 6.29. The molecule has 0 N–H and O–H groups in total. The summed E-state index contributed by atoms with van der Waals surface area (Å²) in [5.41, 5.74) is 3.58. The van der Waals surface area contributed by atoms with E-state index in [-0.39, 0.29) is 12.4 Å². The molecular formula is C19H18N4O2S2. The fourth-order valence-electron chi connectivity index (χ4n) is 3.14. The van der Waals surface area contributed by atoms with E-state index in [2.05, 4.69) is 15.0 Å². The Balaban J connectivity index is 1.60. The highest BCUT2D eigenvalue weighted by atomic mass is 32.1. The lowest BCUT2D eigenvalue weighted by molar-refractivity contribution is 0.0918. The molecule has 0 bridgehead atoms. The summed E-state index contributed by atoms with van der Waals surface area (Å²) in [5, 5.41) is 3.66. The van der Waals surface area contributed by atoms with Gasteiger partial charge in [0.25, 0.3) is 0 Å². The second kappa shape index (κ2) is 6.86. The zero-order chi connectivity index (χ0) is 19.1. The van der Waals surface area contributed by atoms with Gasteiger partial charge < -0.3 is 4.74 Å². The van der Waals surface area contributed by atoms with Crippen LogP contribution in [0.1, 0.15) is 32.2 Å². The monoisotopic (exact) mass is 398 g/mol. The molecule has 4 heterocycles. The van der Waals surface area contributed by atoms with E-state index < -0.39 is 0 Å². The molecule has 0 spiro atoms. The summed E-state index contributed by atoms with van der Waals surface area (Å²) in [6, 6.07) is 1.89. The van der Waals surface area contributed by atoms with Crippen molar-refractivity contribution in [3.05, 3.63) is 51.4 Å². The summed E-state index contributed by atoms with van der Waals surface area (Å²) in [6.07, 6.45) is 3.24. The van der Waals surface area contributed by atoms with E-state index in [0.29, 0.717) is 11.4 Å². The normalized spacial score (nSPS) is 11.3. The Bertz CT molecular complexity index is 1140. The van der Waals surface area contributed by atoms with Crippen LogP contribution in [0.15, 0.2) is 24.0 Å². The van der Waals surface area contributed by atoms with Crippen molar-refractivity contribution in [2.45, 2.75) is 27.7 Å². The number of carbonyl (C=O) groups excluding carboxylic acids is 1. The van der Waals surface area contributed by atoms with Crippen molar-refractivity contribution in [1.29, 1.82) is 0 Å². The molecule has 0 atom stereocenters. The molecule has 27 heavy (non-hydrogen) atoms. The van der Waals surface area contributed by atoms with Crippen molar-refractivity contribution in [1.82, 2.24) is 19.5 Å². The van der Waals surface area contributed by atoms with Crippen LogP contribution in [0.25, 0.3) is 15.3 Å². The van der Waals surface area contributed by atoms with Crippen molar-refractivity contribution in [2.75, 3.05) is 6.61 Å². The average molecular weight is 399 g/mol. The first-order valence-electron chi connectivity index (χ1n) is 8.43. The number of nitrogens with zero attached hydrogens (tertiary/aromatic N) is 4. The highest BCUT2D eigenvalue weighted by Crippen LogP contribution is 2.33. The largest absolute Gasteiger partial charge is 0.469 e. The number of Topliss-reactive ketones (excluding diaryl/α,β-unsaturated/α-hetero) is 1. The van der Waals surface area contributed by atoms with E-state index in [0.717, 1.165) is 32.3 Å². The Hall–Kier alpha value is -2.58. The van der Waals surface area contributed by atoms with Crippen molar-refractivity contribution in [2.24, 2.45) is 0 Å². The quantitative estimate of drug-likeness (QED) is 0.465. The number of thiophene rings is 1. The minimum Gasteiger partial charge on any atom is -0.469 e. The summed E-state index contributed by atoms with van der Waals surface area (Å²) < 4.78 is 7.80. The van der Waals surface area contributed by atoms with Crippen LogP contribution in [-0.4, -0.2) is 31.9 Å². The topological polar surface area (TPSA) is 69.9 Å². The number of aromatic nitrogens is 4. The smallest absolute Gasteiger partial charge is 0.226 e. The van der Waals surface area contributed by atoms with Crippen LogP contribution in [0.2, 0.25) is 0 Å². The summed E-state index contributed by atoms with van der Waals surface area (Å²) in [6.45, 7) is 7.90. The molecule has 0 amide bonds. The lowest BCUT2D eigenvalue weighted by Gasteiger charge is -2.07. The standard InChI is InChI=1S/C19H18N4O2S2/c1-10-7-14(12(3)23(10)19-20-5-6-26-19)15(24)8-25-17-16-11(2)13(4)27-18(16)22-9-21-17/h5-7,9H,8H2,1-4H3. The number of fused-ring (bicyclic) bond motifs is 1. The molecule has 0 radical (unpaired) electrons. The summed E-state index contributed by atoms with van der Waals surface area (Å²) in [7, 11) is 0. The predicted octanol–water partition coefficient (Wildman–Crippen LogP) is 4.43. The molecule has 0 aromatic carbocycles. The van der Waals surface area contributed by atoms with E-state index in [4.69, 9.17) is 4.74 Å². The van der Waals surface area contributed by atoms with Gasteiger partial charge in [-0.25, -0.2) is 15.0 Å². The summed E-state index contributed by atoms with van der Waals surface area (Å²) >= 11 is 3.14. The van der Waals surface area contributed by atoms with E-state index in [1.54, 1.807) is 17.5 Å². The maximum Gasteiger partial charge on any atom is 0.226 e. The first-order valence-corrected chi connectivity index (χ1v) is 10.1.